The lowest BCUT2D eigenvalue weighted by Gasteiger charge is -2.41. The summed E-state index contributed by atoms with van der Waals surface area (Å²) in [5.74, 6) is 1.25. The number of carbonyl (C=O) groups is 1. The Labute approximate surface area is 178 Å². The molecule has 1 aliphatic heterocycles. The van der Waals surface area contributed by atoms with E-state index in [9.17, 15) is 9.59 Å². The maximum Gasteiger partial charge on any atom is 0.340 e. The number of ether oxygens (including phenoxy) is 1. The summed E-state index contributed by atoms with van der Waals surface area (Å²) in [5, 5.41) is 3.81. The summed E-state index contributed by atoms with van der Waals surface area (Å²) >= 11 is 0. The van der Waals surface area contributed by atoms with E-state index in [1.54, 1.807) is 0 Å². The Morgan fingerprint density at radius 3 is 2.67 bits per heavy atom. The SMILES string of the molecule is Cc1c(CC(=O)NCCC(C)C)c(=O)oc2cc3c(cc12)CCC1(CCCCC1)O3. The number of benzene rings is 1. The molecule has 0 atom stereocenters. The van der Waals surface area contributed by atoms with Crippen LogP contribution in [-0.2, 0) is 17.6 Å². The third-order valence-corrected chi connectivity index (χ3v) is 6.79. The van der Waals surface area contributed by atoms with Crippen LogP contribution in [0, 0.1) is 12.8 Å². The molecule has 1 spiro atoms. The zero-order valence-electron chi connectivity index (χ0n) is 18.4. The fourth-order valence-electron chi connectivity index (χ4n) is 4.87. The van der Waals surface area contributed by atoms with Crippen molar-refractivity contribution in [3.05, 3.63) is 39.2 Å². The van der Waals surface area contributed by atoms with E-state index in [4.69, 9.17) is 9.15 Å². The maximum absolute atomic E-state index is 12.6. The van der Waals surface area contributed by atoms with E-state index in [0.29, 0.717) is 23.6 Å². The highest BCUT2D eigenvalue weighted by Crippen LogP contribution is 2.43. The van der Waals surface area contributed by atoms with Crippen molar-refractivity contribution in [1.82, 2.24) is 5.32 Å². The lowest BCUT2D eigenvalue weighted by Crippen LogP contribution is -2.41. The zero-order valence-corrected chi connectivity index (χ0v) is 18.4. The average molecular weight is 412 g/mol. The van der Waals surface area contributed by atoms with Crippen LogP contribution in [0.4, 0.5) is 0 Å². The molecule has 1 aromatic heterocycles. The number of hydrogen-bond donors (Lipinski definition) is 1. The summed E-state index contributed by atoms with van der Waals surface area (Å²) in [6.45, 7) is 6.78. The van der Waals surface area contributed by atoms with Gasteiger partial charge < -0.3 is 14.5 Å². The molecule has 30 heavy (non-hydrogen) atoms. The second kappa shape index (κ2) is 8.44. The molecule has 1 aromatic carbocycles. The van der Waals surface area contributed by atoms with Crippen LogP contribution in [0.3, 0.4) is 0 Å². The molecule has 0 radical (unpaired) electrons. The molecule has 5 heteroatoms. The van der Waals surface area contributed by atoms with Crippen LogP contribution >= 0.6 is 0 Å². The molecule has 1 saturated carbocycles. The third kappa shape index (κ3) is 4.26. The minimum absolute atomic E-state index is 0.0394. The van der Waals surface area contributed by atoms with Gasteiger partial charge in [0, 0.05) is 18.0 Å². The standard InChI is InChI=1S/C25H33NO4/c1-16(2)8-12-26-23(27)14-20-17(3)19-13-18-7-11-25(9-5-4-6-10-25)30-21(18)15-22(19)29-24(20)28/h13,15-16H,4-12,14H2,1-3H3,(H,26,27). The first-order valence-electron chi connectivity index (χ1n) is 11.4. The molecule has 2 aromatic rings. The van der Waals surface area contributed by atoms with Gasteiger partial charge in [0.2, 0.25) is 5.91 Å². The van der Waals surface area contributed by atoms with E-state index < -0.39 is 5.63 Å². The van der Waals surface area contributed by atoms with Gasteiger partial charge in [-0.05, 0) is 75.0 Å². The first-order chi connectivity index (χ1) is 14.4. The van der Waals surface area contributed by atoms with Crippen LogP contribution in [0.2, 0.25) is 0 Å². The fraction of sp³-hybridized carbons (Fsp3) is 0.600. The van der Waals surface area contributed by atoms with E-state index >= 15 is 0 Å². The van der Waals surface area contributed by atoms with Crippen LogP contribution in [0.5, 0.6) is 5.75 Å². The number of fused-ring (bicyclic) bond motifs is 2. The van der Waals surface area contributed by atoms with E-state index in [0.717, 1.165) is 48.8 Å². The minimum Gasteiger partial charge on any atom is -0.487 e. The van der Waals surface area contributed by atoms with Gasteiger partial charge in [-0.2, -0.15) is 0 Å². The van der Waals surface area contributed by atoms with Crippen molar-refractivity contribution >= 4 is 16.9 Å². The van der Waals surface area contributed by atoms with E-state index in [1.165, 1.54) is 24.8 Å². The lowest BCUT2D eigenvalue weighted by atomic mass is 9.79. The van der Waals surface area contributed by atoms with Crippen LogP contribution in [0.25, 0.3) is 11.0 Å². The molecule has 0 bridgehead atoms. The van der Waals surface area contributed by atoms with Gasteiger partial charge in [0.25, 0.3) is 0 Å². The molecule has 2 aliphatic rings. The van der Waals surface area contributed by atoms with Crippen molar-refractivity contribution in [2.24, 2.45) is 5.92 Å². The molecule has 1 amide bonds. The number of hydrogen-bond acceptors (Lipinski definition) is 4. The highest BCUT2D eigenvalue weighted by Gasteiger charge is 2.37. The topological polar surface area (TPSA) is 68.5 Å². The summed E-state index contributed by atoms with van der Waals surface area (Å²) < 4.78 is 12.1. The monoisotopic (exact) mass is 411 g/mol. The van der Waals surface area contributed by atoms with Gasteiger partial charge >= 0.3 is 5.63 Å². The zero-order chi connectivity index (χ0) is 21.3. The summed E-state index contributed by atoms with van der Waals surface area (Å²) in [4.78, 5) is 25.0. The number of aryl methyl sites for hydroxylation is 2. The number of carbonyl (C=O) groups excluding carboxylic acids is 1. The van der Waals surface area contributed by atoms with Crippen molar-refractivity contribution in [2.45, 2.75) is 84.2 Å². The number of amides is 1. The van der Waals surface area contributed by atoms with Gasteiger partial charge in [-0.1, -0.05) is 20.3 Å². The predicted molar refractivity (Wildman–Crippen MR) is 118 cm³/mol. The fourth-order valence-corrected chi connectivity index (χ4v) is 4.87. The van der Waals surface area contributed by atoms with E-state index in [1.807, 2.05) is 13.0 Å². The molecule has 1 N–H and O–H groups in total. The molecule has 5 nitrogen and oxygen atoms in total. The molecular weight excluding hydrogens is 378 g/mol. The molecule has 0 unspecified atom stereocenters. The first kappa shape index (κ1) is 21.0. The second-order valence-electron chi connectivity index (χ2n) is 9.50. The van der Waals surface area contributed by atoms with E-state index in [-0.39, 0.29) is 17.9 Å². The summed E-state index contributed by atoms with van der Waals surface area (Å²) in [6.07, 6.45) is 8.96. The van der Waals surface area contributed by atoms with Crippen molar-refractivity contribution in [2.75, 3.05) is 6.54 Å². The summed E-state index contributed by atoms with van der Waals surface area (Å²) in [5.41, 5.74) is 2.53. The quantitative estimate of drug-likeness (QED) is 0.715. The molecule has 1 fully saturated rings. The van der Waals surface area contributed by atoms with Gasteiger partial charge in [-0.15, -0.1) is 0 Å². The summed E-state index contributed by atoms with van der Waals surface area (Å²) in [7, 11) is 0. The highest BCUT2D eigenvalue weighted by atomic mass is 16.5. The highest BCUT2D eigenvalue weighted by molar-refractivity contribution is 5.86. The first-order valence-corrected chi connectivity index (χ1v) is 11.4. The third-order valence-electron chi connectivity index (χ3n) is 6.79. The molecule has 1 aliphatic carbocycles. The normalized spacial score (nSPS) is 17.7. The average Bonchev–Trinajstić information content (AvgIpc) is 2.70. The van der Waals surface area contributed by atoms with E-state index in [2.05, 4.69) is 25.2 Å². The Kier molecular flexibility index (Phi) is 5.90. The molecule has 2 heterocycles. The van der Waals surface area contributed by atoms with Gasteiger partial charge in [-0.25, -0.2) is 4.79 Å². The van der Waals surface area contributed by atoms with Gasteiger partial charge in [0.1, 0.15) is 16.9 Å². The van der Waals surface area contributed by atoms with Crippen LogP contribution in [0.15, 0.2) is 21.3 Å². The maximum atomic E-state index is 12.6. The Morgan fingerprint density at radius 2 is 1.93 bits per heavy atom. The second-order valence-corrected chi connectivity index (χ2v) is 9.50. The summed E-state index contributed by atoms with van der Waals surface area (Å²) in [6, 6.07) is 3.99. The van der Waals surface area contributed by atoms with Crippen molar-refractivity contribution < 1.29 is 13.9 Å². The van der Waals surface area contributed by atoms with Crippen molar-refractivity contribution in [3.63, 3.8) is 0 Å². The van der Waals surface area contributed by atoms with Crippen LogP contribution in [-0.4, -0.2) is 18.1 Å². The Hall–Kier alpha value is -2.30. The van der Waals surface area contributed by atoms with Crippen LogP contribution < -0.4 is 15.7 Å². The van der Waals surface area contributed by atoms with Crippen molar-refractivity contribution in [1.29, 1.82) is 0 Å². The number of rotatable bonds is 5. The molecular formula is C25H33NO4. The predicted octanol–water partition coefficient (Wildman–Crippen LogP) is 4.83. The Balaban J connectivity index is 1.59. The van der Waals surface area contributed by atoms with Gasteiger partial charge in [0.15, 0.2) is 0 Å². The number of nitrogens with one attached hydrogen (secondary N) is 1. The Bertz CT molecular complexity index is 998. The smallest absolute Gasteiger partial charge is 0.340 e. The Morgan fingerprint density at radius 1 is 1.17 bits per heavy atom. The minimum atomic E-state index is -0.429. The van der Waals surface area contributed by atoms with Gasteiger partial charge in [0.05, 0.1) is 12.0 Å². The molecule has 0 saturated heterocycles. The van der Waals surface area contributed by atoms with Gasteiger partial charge in [-0.3, -0.25) is 4.79 Å². The molecule has 4 rings (SSSR count). The van der Waals surface area contributed by atoms with Crippen molar-refractivity contribution in [3.8, 4) is 5.75 Å². The van der Waals surface area contributed by atoms with Crippen LogP contribution in [0.1, 0.15) is 75.5 Å². The molecule has 162 valence electrons. The largest absolute Gasteiger partial charge is 0.487 e. The lowest BCUT2D eigenvalue weighted by molar-refractivity contribution is -0.120.